The third kappa shape index (κ3) is 5.20. The van der Waals surface area contributed by atoms with Crippen molar-refractivity contribution in [1.82, 2.24) is 24.6 Å². The number of benzene rings is 1. The summed E-state index contributed by atoms with van der Waals surface area (Å²) in [7, 11) is 0. The zero-order chi connectivity index (χ0) is 23.4. The summed E-state index contributed by atoms with van der Waals surface area (Å²) in [6, 6.07) is 16.0. The summed E-state index contributed by atoms with van der Waals surface area (Å²) >= 11 is 5.86. The van der Waals surface area contributed by atoms with Crippen molar-refractivity contribution < 1.29 is 18.0 Å². The van der Waals surface area contributed by atoms with E-state index in [2.05, 4.69) is 15.1 Å². The molecule has 3 aromatic heterocycles. The first-order valence-corrected chi connectivity index (χ1v) is 10.2. The molecule has 4 rings (SSSR count). The lowest BCUT2D eigenvalue weighted by atomic mass is 10.1. The fraction of sp³-hybridized carbons (Fsp3) is 0.130. The zero-order valence-electron chi connectivity index (χ0n) is 17.1. The number of carbonyl (C=O) groups is 1. The van der Waals surface area contributed by atoms with Crippen molar-refractivity contribution in [3.05, 3.63) is 107 Å². The number of aromatic nitrogens is 4. The van der Waals surface area contributed by atoms with E-state index in [0.29, 0.717) is 21.1 Å². The van der Waals surface area contributed by atoms with Crippen LogP contribution in [0.25, 0.3) is 5.69 Å². The summed E-state index contributed by atoms with van der Waals surface area (Å²) in [5.41, 5.74) is -0.543. The largest absolute Gasteiger partial charge is 0.434 e. The van der Waals surface area contributed by atoms with Gasteiger partial charge in [0.1, 0.15) is 0 Å². The average Bonchev–Trinajstić information content (AvgIpc) is 3.26. The van der Waals surface area contributed by atoms with E-state index in [4.69, 9.17) is 11.6 Å². The predicted molar refractivity (Wildman–Crippen MR) is 116 cm³/mol. The van der Waals surface area contributed by atoms with Gasteiger partial charge >= 0.3 is 6.18 Å². The van der Waals surface area contributed by atoms with Crippen molar-refractivity contribution in [2.45, 2.75) is 19.3 Å². The van der Waals surface area contributed by atoms with Crippen LogP contribution in [-0.4, -0.2) is 30.6 Å². The summed E-state index contributed by atoms with van der Waals surface area (Å²) in [6.07, 6.45) is -0.788. The monoisotopic (exact) mass is 471 g/mol. The zero-order valence-corrected chi connectivity index (χ0v) is 17.8. The van der Waals surface area contributed by atoms with E-state index in [1.54, 1.807) is 48.8 Å². The fourth-order valence-electron chi connectivity index (χ4n) is 3.30. The molecule has 0 radical (unpaired) electrons. The second-order valence-electron chi connectivity index (χ2n) is 7.10. The molecule has 3 heterocycles. The molecule has 0 bridgehead atoms. The van der Waals surface area contributed by atoms with Crippen LogP contribution in [0, 0.1) is 0 Å². The lowest BCUT2D eigenvalue weighted by Crippen LogP contribution is -2.32. The topological polar surface area (TPSA) is 63.9 Å². The fourth-order valence-corrected chi connectivity index (χ4v) is 3.43. The Hall–Kier alpha value is -3.72. The van der Waals surface area contributed by atoms with Crippen LogP contribution in [0.1, 0.15) is 27.4 Å². The van der Waals surface area contributed by atoms with Crippen molar-refractivity contribution in [3.8, 4) is 5.69 Å². The van der Waals surface area contributed by atoms with Crippen LogP contribution in [0.2, 0.25) is 5.02 Å². The third-order valence-electron chi connectivity index (χ3n) is 4.78. The van der Waals surface area contributed by atoms with Gasteiger partial charge in [-0.2, -0.15) is 18.3 Å². The molecule has 33 heavy (non-hydrogen) atoms. The summed E-state index contributed by atoms with van der Waals surface area (Å²) < 4.78 is 43.0. The molecule has 0 aliphatic heterocycles. The Morgan fingerprint density at radius 1 is 0.909 bits per heavy atom. The smallest absolute Gasteiger partial charge is 0.327 e. The number of hydrogen-bond donors (Lipinski definition) is 0. The van der Waals surface area contributed by atoms with Crippen LogP contribution in [0.4, 0.5) is 13.2 Å². The highest BCUT2D eigenvalue weighted by Gasteiger charge is 2.41. The van der Waals surface area contributed by atoms with Crippen molar-refractivity contribution in [2.75, 3.05) is 0 Å². The lowest BCUT2D eigenvalue weighted by molar-refractivity contribution is -0.143. The summed E-state index contributed by atoms with van der Waals surface area (Å²) in [5, 5.41) is 4.24. The van der Waals surface area contributed by atoms with E-state index >= 15 is 0 Å². The number of nitrogens with zero attached hydrogens (tertiary/aromatic N) is 5. The summed E-state index contributed by atoms with van der Waals surface area (Å²) in [4.78, 5) is 23.1. The van der Waals surface area contributed by atoms with Gasteiger partial charge in [0.15, 0.2) is 5.69 Å². The second kappa shape index (κ2) is 9.41. The van der Waals surface area contributed by atoms with Crippen LogP contribution >= 0.6 is 11.6 Å². The minimum atomic E-state index is -4.83. The standard InChI is InChI=1S/C23H17ClF3N5O/c24-16-7-9-19(10-8-16)32-21(23(25,26)27)20(13-30-32)22(33)31(14-17-5-1-3-11-28-17)15-18-6-2-4-12-29-18/h1-13H,14-15H2. The van der Waals surface area contributed by atoms with Crippen LogP contribution in [0.5, 0.6) is 0 Å². The van der Waals surface area contributed by atoms with Gasteiger partial charge in [0.05, 0.1) is 41.9 Å². The summed E-state index contributed by atoms with van der Waals surface area (Å²) in [5.74, 6) is -0.834. The van der Waals surface area contributed by atoms with E-state index in [1.165, 1.54) is 29.2 Å². The van der Waals surface area contributed by atoms with Crippen molar-refractivity contribution in [3.63, 3.8) is 0 Å². The maximum Gasteiger partial charge on any atom is 0.434 e. The minimum Gasteiger partial charge on any atom is -0.327 e. The molecule has 168 valence electrons. The number of carbonyl (C=O) groups excluding carboxylic acids is 1. The normalized spacial score (nSPS) is 11.4. The van der Waals surface area contributed by atoms with Crippen LogP contribution < -0.4 is 0 Å². The Kier molecular flexibility index (Phi) is 6.41. The van der Waals surface area contributed by atoms with Crippen LogP contribution in [0.15, 0.2) is 79.3 Å². The lowest BCUT2D eigenvalue weighted by Gasteiger charge is -2.23. The first-order chi connectivity index (χ1) is 15.8. The molecule has 0 saturated carbocycles. The van der Waals surface area contributed by atoms with Crippen molar-refractivity contribution in [1.29, 1.82) is 0 Å². The molecule has 0 spiro atoms. The maximum atomic E-state index is 14.1. The number of halogens is 4. The van der Waals surface area contributed by atoms with Gasteiger partial charge in [0, 0.05) is 17.4 Å². The minimum absolute atomic E-state index is 0.000328. The predicted octanol–water partition coefficient (Wildman–Crippen LogP) is 5.18. The van der Waals surface area contributed by atoms with Crippen molar-refractivity contribution >= 4 is 17.5 Å². The Morgan fingerprint density at radius 3 is 1.97 bits per heavy atom. The van der Waals surface area contributed by atoms with E-state index in [0.717, 1.165) is 6.20 Å². The van der Waals surface area contributed by atoms with E-state index in [-0.39, 0.29) is 18.8 Å². The summed E-state index contributed by atoms with van der Waals surface area (Å²) in [6.45, 7) is -0.000655. The number of hydrogen-bond acceptors (Lipinski definition) is 4. The van der Waals surface area contributed by atoms with E-state index in [1.807, 2.05) is 0 Å². The molecular formula is C23H17ClF3N5O. The SMILES string of the molecule is O=C(c1cnn(-c2ccc(Cl)cc2)c1C(F)(F)F)N(Cc1ccccn1)Cc1ccccn1. The molecular weight excluding hydrogens is 455 g/mol. The maximum absolute atomic E-state index is 14.1. The van der Waals surface area contributed by atoms with E-state index < -0.39 is 23.3 Å². The molecule has 6 nitrogen and oxygen atoms in total. The molecule has 0 unspecified atom stereocenters. The van der Waals surface area contributed by atoms with E-state index in [9.17, 15) is 18.0 Å². The molecule has 0 atom stereocenters. The highest BCUT2D eigenvalue weighted by molar-refractivity contribution is 6.30. The van der Waals surface area contributed by atoms with Gasteiger partial charge in [-0.1, -0.05) is 23.7 Å². The second-order valence-corrected chi connectivity index (χ2v) is 7.53. The van der Waals surface area contributed by atoms with Crippen LogP contribution in [-0.2, 0) is 19.3 Å². The molecule has 1 amide bonds. The highest BCUT2D eigenvalue weighted by atomic mass is 35.5. The van der Waals surface area contributed by atoms with Crippen molar-refractivity contribution in [2.24, 2.45) is 0 Å². The molecule has 0 aliphatic carbocycles. The quantitative estimate of drug-likeness (QED) is 0.389. The number of rotatable bonds is 6. The molecule has 4 aromatic rings. The molecule has 0 saturated heterocycles. The van der Waals surface area contributed by atoms with Gasteiger partial charge in [-0.25, -0.2) is 4.68 Å². The molecule has 0 fully saturated rings. The average molecular weight is 472 g/mol. The molecule has 0 aliphatic rings. The molecule has 0 N–H and O–H groups in total. The highest BCUT2D eigenvalue weighted by Crippen LogP contribution is 2.34. The third-order valence-corrected chi connectivity index (χ3v) is 5.04. The molecule has 1 aromatic carbocycles. The Labute approximate surface area is 192 Å². The molecule has 10 heteroatoms. The van der Waals surface area contributed by atoms with Gasteiger partial charge in [0.2, 0.25) is 0 Å². The van der Waals surface area contributed by atoms with Crippen LogP contribution in [0.3, 0.4) is 0 Å². The van der Waals surface area contributed by atoms with Gasteiger partial charge in [-0.3, -0.25) is 14.8 Å². The van der Waals surface area contributed by atoms with Gasteiger partial charge in [-0.05, 0) is 48.5 Å². The Morgan fingerprint density at radius 2 is 1.48 bits per heavy atom. The number of amides is 1. The first kappa shape index (κ1) is 22.5. The Balaban J connectivity index is 1.75. The van der Waals surface area contributed by atoms with Gasteiger partial charge < -0.3 is 4.90 Å². The van der Waals surface area contributed by atoms with Gasteiger partial charge in [0.25, 0.3) is 5.91 Å². The van der Waals surface area contributed by atoms with Gasteiger partial charge in [-0.15, -0.1) is 0 Å². The number of pyridine rings is 2. The Bertz CT molecular complexity index is 1190. The first-order valence-electron chi connectivity index (χ1n) is 9.83. The number of alkyl halides is 3.